The van der Waals surface area contributed by atoms with Crippen LogP contribution in [-0.4, -0.2) is 49.1 Å². The van der Waals surface area contributed by atoms with Crippen LogP contribution >= 0.6 is 43.4 Å². The van der Waals surface area contributed by atoms with Crippen molar-refractivity contribution in [1.29, 1.82) is 0 Å². The van der Waals surface area contributed by atoms with E-state index in [1.807, 2.05) is 0 Å². The van der Waals surface area contributed by atoms with E-state index in [4.69, 9.17) is 0 Å². The molecular weight excluding hydrogens is 257 g/mol. The van der Waals surface area contributed by atoms with Crippen LogP contribution in [0.4, 0.5) is 0 Å². The summed E-state index contributed by atoms with van der Waals surface area (Å²) < 4.78 is 19.1. The zero-order valence-corrected chi connectivity index (χ0v) is 11.0. The Morgan fingerprint density at radius 1 is 0.786 bits per heavy atom. The Hall–Kier alpha value is 1.16. The topological polar surface area (TPSA) is 26.8 Å². The van der Waals surface area contributed by atoms with Gasteiger partial charge in [-0.1, -0.05) is 35.8 Å². The fourth-order valence-electron chi connectivity index (χ4n) is 1.47. The quantitative estimate of drug-likeness (QED) is 0.571. The van der Waals surface area contributed by atoms with Crippen LogP contribution in [0.2, 0.25) is 0 Å². The van der Waals surface area contributed by atoms with Crippen molar-refractivity contribution in [3.8, 4) is 0 Å². The third-order valence-electron chi connectivity index (χ3n) is 2.44. The van der Waals surface area contributed by atoms with E-state index in [-0.39, 0.29) is 0 Å². The van der Waals surface area contributed by atoms with Crippen LogP contribution in [0.25, 0.3) is 0 Å². The summed E-state index contributed by atoms with van der Waals surface area (Å²) in [6.07, 6.45) is 0. The molecule has 0 saturated carbocycles. The second-order valence-corrected chi connectivity index (χ2v) is 9.85. The molecular formula is C6H12N3OPS3. The van der Waals surface area contributed by atoms with Crippen LogP contribution in [0.3, 0.4) is 0 Å². The molecule has 8 heteroatoms. The summed E-state index contributed by atoms with van der Waals surface area (Å²) in [5, 5.41) is 0. The molecule has 3 saturated heterocycles. The van der Waals surface area contributed by atoms with Crippen molar-refractivity contribution in [2.45, 2.75) is 0 Å². The molecule has 3 heterocycles. The van der Waals surface area contributed by atoms with Crippen molar-refractivity contribution >= 4 is 43.4 Å². The van der Waals surface area contributed by atoms with Gasteiger partial charge < -0.3 is 0 Å². The molecule has 3 fully saturated rings. The highest BCUT2D eigenvalue weighted by atomic mass is 32.2. The standard InChI is InChI=1S/C6H12N3OPS3/c10-11(7-1-4-12-7,8-2-5-13-8)9-3-6-14-9/h1-6H2. The van der Waals surface area contributed by atoms with Gasteiger partial charge in [-0.25, -0.2) is 0 Å². The number of rotatable bonds is 3. The van der Waals surface area contributed by atoms with Gasteiger partial charge in [0.1, 0.15) is 0 Å². The summed E-state index contributed by atoms with van der Waals surface area (Å²) in [4.78, 5) is 0. The largest absolute Gasteiger partial charge is 0.315 e. The first-order valence-electron chi connectivity index (χ1n) is 4.65. The minimum Gasteiger partial charge on any atom is -0.268 e. The molecule has 0 radical (unpaired) electrons. The molecule has 0 N–H and O–H groups in total. The average molecular weight is 269 g/mol. The lowest BCUT2D eigenvalue weighted by Crippen LogP contribution is -2.45. The van der Waals surface area contributed by atoms with E-state index >= 15 is 0 Å². The van der Waals surface area contributed by atoms with E-state index in [0.29, 0.717) is 0 Å². The third-order valence-corrected chi connectivity index (χ3v) is 10.3. The van der Waals surface area contributed by atoms with E-state index in [2.05, 4.69) is 12.2 Å². The Morgan fingerprint density at radius 3 is 1.21 bits per heavy atom. The van der Waals surface area contributed by atoms with Crippen LogP contribution in [0.1, 0.15) is 0 Å². The smallest absolute Gasteiger partial charge is 0.268 e. The first kappa shape index (κ1) is 10.3. The molecule has 0 bridgehead atoms. The fourth-order valence-corrected chi connectivity index (χ4v) is 9.23. The minimum atomic E-state index is -2.34. The van der Waals surface area contributed by atoms with Gasteiger partial charge in [0.25, 0.3) is 0 Å². The molecule has 0 aromatic carbocycles. The molecule has 0 aromatic rings. The number of nitrogens with zero attached hydrogens (tertiary/aromatic N) is 3. The van der Waals surface area contributed by atoms with Crippen LogP contribution in [0.15, 0.2) is 0 Å². The van der Waals surface area contributed by atoms with Gasteiger partial charge in [-0.2, -0.15) is 12.2 Å². The van der Waals surface area contributed by atoms with Gasteiger partial charge in [0, 0.05) is 36.9 Å². The maximum atomic E-state index is 12.9. The summed E-state index contributed by atoms with van der Waals surface area (Å²) in [6, 6.07) is 0. The normalized spacial score (nSPS) is 30.6. The van der Waals surface area contributed by atoms with Crippen molar-refractivity contribution in [3.63, 3.8) is 0 Å². The molecule has 3 rings (SSSR count). The van der Waals surface area contributed by atoms with Gasteiger partial charge >= 0.3 is 7.59 Å². The zero-order chi connectivity index (χ0) is 9.60. The minimum absolute atomic E-state index is 0.982. The summed E-state index contributed by atoms with van der Waals surface area (Å²) in [5.41, 5.74) is 0. The van der Waals surface area contributed by atoms with E-state index in [0.717, 1.165) is 36.9 Å². The molecule has 0 aromatic heterocycles. The highest BCUT2D eigenvalue weighted by Crippen LogP contribution is 2.69. The Kier molecular flexibility index (Phi) is 2.86. The predicted molar refractivity (Wildman–Crippen MR) is 65.1 cm³/mol. The third kappa shape index (κ3) is 1.41. The Labute approximate surface area is 97.1 Å². The maximum Gasteiger partial charge on any atom is 0.315 e. The van der Waals surface area contributed by atoms with Gasteiger partial charge in [-0.3, -0.25) is 4.57 Å². The summed E-state index contributed by atoms with van der Waals surface area (Å²) in [5.74, 6) is 3.38. The van der Waals surface area contributed by atoms with E-state index in [9.17, 15) is 4.57 Å². The van der Waals surface area contributed by atoms with Gasteiger partial charge in [0.15, 0.2) is 0 Å². The Balaban J connectivity index is 1.80. The second kappa shape index (κ2) is 3.87. The molecule has 0 aliphatic carbocycles. The first-order chi connectivity index (χ1) is 6.82. The molecule has 0 spiro atoms. The zero-order valence-electron chi connectivity index (χ0n) is 7.66. The molecule has 0 atom stereocenters. The van der Waals surface area contributed by atoms with Crippen molar-refractivity contribution < 1.29 is 4.57 Å². The Morgan fingerprint density at radius 2 is 1.07 bits per heavy atom. The highest BCUT2D eigenvalue weighted by molar-refractivity contribution is 8.11. The first-order valence-corrected chi connectivity index (χ1v) is 9.04. The van der Waals surface area contributed by atoms with Crippen LogP contribution in [-0.2, 0) is 4.57 Å². The highest BCUT2D eigenvalue weighted by Gasteiger charge is 2.51. The number of hydrogen-bond donors (Lipinski definition) is 0. The van der Waals surface area contributed by atoms with E-state index in [1.54, 1.807) is 35.8 Å². The molecule has 0 unspecified atom stereocenters. The Bertz CT molecular complexity index is 237. The van der Waals surface area contributed by atoms with Crippen molar-refractivity contribution in [2.24, 2.45) is 0 Å². The molecule has 3 aliphatic rings. The summed E-state index contributed by atoms with van der Waals surface area (Å²) in [7, 11) is -2.34. The maximum absolute atomic E-state index is 12.9. The van der Waals surface area contributed by atoms with Gasteiger partial charge in [0.2, 0.25) is 0 Å². The fraction of sp³-hybridized carbons (Fsp3) is 1.00. The monoisotopic (exact) mass is 269 g/mol. The molecule has 80 valence electrons. The van der Waals surface area contributed by atoms with E-state index in [1.165, 1.54) is 0 Å². The van der Waals surface area contributed by atoms with Gasteiger partial charge in [-0.05, 0) is 0 Å². The molecule has 0 amide bonds. The number of hydrogen-bond acceptors (Lipinski definition) is 4. The van der Waals surface area contributed by atoms with Gasteiger partial charge in [0.05, 0.1) is 0 Å². The lowest BCUT2D eigenvalue weighted by molar-refractivity contribution is 0.429. The van der Waals surface area contributed by atoms with Crippen LogP contribution in [0, 0.1) is 0 Å². The van der Waals surface area contributed by atoms with Gasteiger partial charge in [-0.15, -0.1) is 0 Å². The SMILES string of the molecule is O=P(N1CCS1)(N1CCS1)N1CCS1. The lowest BCUT2D eigenvalue weighted by atomic mass is 10.8. The summed E-state index contributed by atoms with van der Waals surface area (Å²) in [6.45, 7) is 2.95. The second-order valence-electron chi connectivity index (χ2n) is 3.24. The van der Waals surface area contributed by atoms with Crippen LogP contribution in [0.5, 0.6) is 0 Å². The van der Waals surface area contributed by atoms with Crippen LogP contribution < -0.4 is 0 Å². The van der Waals surface area contributed by atoms with Crippen molar-refractivity contribution in [3.05, 3.63) is 0 Å². The molecule has 4 nitrogen and oxygen atoms in total. The van der Waals surface area contributed by atoms with Crippen molar-refractivity contribution in [2.75, 3.05) is 36.9 Å². The van der Waals surface area contributed by atoms with Crippen molar-refractivity contribution in [1.82, 2.24) is 12.2 Å². The average Bonchev–Trinajstić information content (AvgIpc) is 1.69. The molecule has 14 heavy (non-hydrogen) atoms. The predicted octanol–water partition coefficient (Wildman–Crippen LogP) is 1.99. The lowest BCUT2D eigenvalue weighted by Gasteiger charge is -2.50. The van der Waals surface area contributed by atoms with E-state index < -0.39 is 7.59 Å². The summed E-state index contributed by atoms with van der Waals surface area (Å²) >= 11 is 5.18. The molecule has 3 aliphatic heterocycles.